The zero-order valence-electron chi connectivity index (χ0n) is 12.2. The first-order valence-electron chi connectivity index (χ1n) is 7.11. The maximum Gasteiger partial charge on any atom is 0.303 e. The van der Waals surface area contributed by atoms with Crippen LogP contribution in [0.4, 0.5) is 0 Å². The van der Waals surface area contributed by atoms with Gasteiger partial charge in [0, 0.05) is 34.5 Å². The Labute approximate surface area is 141 Å². The highest BCUT2D eigenvalue weighted by Gasteiger charge is 2.06. The number of hydrogen-bond acceptors (Lipinski definition) is 3. The lowest BCUT2D eigenvalue weighted by molar-refractivity contribution is -0.137. The number of carbonyl (C=O) groups is 2. The highest BCUT2D eigenvalue weighted by molar-refractivity contribution is 9.10. The predicted octanol–water partition coefficient (Wildman–Crippen LogP) is 2.71. The smallest absolute Gasteiger partial charge is 0.303 e. The number of carboxylic acid groups (broad SMARTS) is 1. The minimum absolute atomic E-state index is 0.0804. The van der Waals surface area contributed by atoms with Gasteiger partial charge in [-0.05, 0) is 43.5 Å². The summed E-state index contributed by atoms with van der Waals surface area (Å²) in [5.74, 6) is -0.446. The van der Waals surface area contributed by atoms with Gasteiger partial charge < -0.3 is 10.4 Å². The van der Waals surface area contributed by atoms with Crippen LogP contribution in [0.5, 0.6) is 0 Å². The zero-order valence-corrected chi connectivity index (χ0v) is 14.6. The third-order valence-electron chi connectivity index (χ3n) is 2.95. The standard InChI is InChI=1S/C15H20BrNO4S/c16-12-6-8-13(9-7-12)22(21)11-3-4-14(18)17-10-2-1-5-15(19)20/h6-9H,1-5,10-11H2,(H,17,18)(H,19,20). The summed E-state index contributed by atoms with van der Waals surface area (Å²) >= 11 is 3.32. The summed E-state index contributed by atoms with van der Waals surface area (Å²) < 4.78 is 12.9. The molecule has 0 heterocycles. The number of rotatable bonds is 10. The molecular weight excluding hydrogens is 370 g/mol. The maximum absolute atomic E-state index is 12.0. The first-order chi connectivity index (χ1) is 10.5. The van der Waals surface area contributed by atoms with E-state index in [4.69, 9.17) is 5.11 Å². The Hall–Kier alpha value is -1.21. The Kier molecular flexibility index (Phi) is 9.00. The predicted molar refractivity (Wildman–Crippen MR) is 89.1 cm³/mol. The van der Waals surface area contributed by atoms with Gasteiger partial charge >= 0.3 is 5.97 Å². The summed E-state index contributed by atoms with van der Waals surface area (Å²) in [6.07, 6.45) is 2.24. The van der Waals surface area contributed by atoms with Gasteiger partial charge in [0.15, 0.2) is 0 Å². The average Bonchev–Trinajstić information content (AvgIpc) is 2.47. The normalized spacial score (nSPS) is 11.9. The fraction of sp³-hybridized carbons (Fsp3) is 0.467. The zero-order chi connectivity index (χ0) is 16.4. The van der Waals surface area contributed by atoms with Gasteiger partial charge in [-0.1, -0.05) is 15.9 Å². The molecule has 7 heteroatoms. The summed E-state index contributed by atoms with van der Waals surface area (Å²) in [6, 6.07) is 7.31. The van der Waals surface area contributed by atoms with Crippen molar-refractivity contribution in [1.29, 1.82) is 0 Å². The third-order valence-corrected chi connectivity index (χ3v) is 4.94. The van der Waals surface area contributed by atoms with Crippen LogP contribution in [0.2, 0.25) is 0 Å². The Bertz CT molecular complexity index is 519. The van der Waals surface area contributed by atoms with Gasteiger partial charge in [0.2, 0.25) is 5.91 Å². The molecule has 0 radical (unpaired) electrons. The molecule has 0 aromatic heterocycles. The molecule has 0 bridgehead atoms. The molecule has 0 spiro atoms. The van der Waals surface area contributed by atoms with E-state index in [1.54, 1.807) is 0 Å². The first-order valence-corrected chi connectivity index (χ1v) is 9.22. The molecule has 122 valence electrons. The van der Waals surface area contributed by atoms with E-state index >= 15 is 0 Å². The van der Waals surface area contributed by atoms with Crippen molar-refractivity contribution in [3.05, 3.63) is 28.7 Å². The van der Waals surface area contributed by atoms with Crippen molar-refractivity contribution < 1.29 is 18.9 Å². The van der Waals surface area contributed by atoms with Crippen LogP contribution in [-0.2, 0) is 20.4 Å². The molecule has 1 amide bonds. The van der Waals surface area contributed by atoms with Crippen LogP contribution in [0.3, 0.4) is 0 Å². The number of unbranched alkanes of at least 4 members (excludes halogenated alkanes) is 1. The highest BCUT2D eigenvalue weighted by Crippen LogP contribution is 2.14. The topological polar surface area (TPSA) is 83.5 Å². The lowest BCUT2D eigenvalue weighted by atomic mass is 10.2. The molecule has 1 aromatic rings. The second kappa shape index (κ2) is 10.5. The van der Waals surface area contributed by atoms with Gasteiger partial charge in [-0.25, -0.2) is 0 Å². The van der Waals surface area contributed by atoms with Crippen LogP contribution in [0.25, 0.3) is 0 Å². The van der Waals surface area contributed by atoms with Crippen LogP contribution < -0.4 is 5.32 Å². The Morgan fingerprint density at radius 3 is 2.41 bits per heavy atom. The van der Waals surface area contributed by atoms with Crippen molar-refractivity contribution in [3.63, 3.8) is 0 Å². The quantitative estimate of drug-likeness (QED) is 0.602. The molecule has 0 aliphatic carbocycles. The molecule has 0 aliphatic rings. The van der Waals surface area contributed by atoms with E-state index in [9.17, 15) is 13.8 Å². The van der Waals surface area contributed by atoms with Gasteiger partial charge in [0.25, 0.3) is 0 Å². The summed E-state index contributed by atoms with van der Waals surface area (Å²) in [7, 11) is -1.09. The maximum atomic E-state index is 12.0. The first kappa shape index (κ1) is 18.8. The second-order valence-electron chi connectivity index (χ2n) is 4.81. The van der Waals surface area contributed by atoms with Crippen LogP contribution in [0.15, 0.2) is 33.6 Å². The van der Waals surface area contributed by atoms with E-state index in [0.717, 1.165) is 9.37 Å². The van der Waals surface area contributed by atoms with Crippen LogP contribution >= 0.6 is 15.9 Å². The number of hydrogen-bond donors (Lipinski definition) is 2. The summed E-state index contributed by atoms with van der Waals surface area (Å²) in [6.45, 7) is 0.488. The molecule has 0 aliphatic heterocycles. The van der Waals surface area contributed by atoms with Gasteiger partial charge in [-0.3, -0.25) is 13.8 Å². The molecule has 22 heavy (non-hydrogen) atoms. The van der Waals surface area contributed by atoms with Crippen molar-refractivity contribution in [1.82, 2.24) is 5.32 Å². The minimum Gasteiger partial charge on any atom is -0.481 e. The van der Waals surface area contributed by atoms with E-state index in [1.807, 2.05) is 24.3 Å². The van der Waals surface area contributed by atoms with Gasteiger partial charge in [-0.15, -0.1) is 0 Å². The number of nitrogens with one attached hydrogen (secondary N) is 1. The van der Waals surface area contributed by atoms with E-state index in [2.05, 4.69) is 21.2 Å². The average molecular weight is 390 g/mol. The molecule has 1 aromatic carbocycles. The number of aliphatic carboxylic acids is 1. The van der Waals surface area contributed by atoms with E-state index in [1.165, 1.54) is 0 Å². The third kappa shape index (κ3) is 8.29. The number of benzene rings is 1. The SMILES string of the molecule is O=C(O)CCCCNC(=O)CCCS(=O)c1ccc(Br)cc1. The summed E-state index contributed by atoms with van der Waals surface area (Å²) in [4.78, 5) is 22.6. The lowest BCUT2D eigenvalue weighted by Gasteiger charge is -2.05. The number of carbonyl (C=O) groups excluding carboxylic acids is 1. The Morgan fingerprint density at radius 2 is 1.77 bits per heavy atom. The number of halogens is 1. The molecule has 0 saturated heterocycles. The van der Waals surface area contributed by atoms with E-state index in [0.29, 0.717) is 38.0 Å². The number of carboxylic acids is 1. The van der Waals surface area contributed by atoms with Crippen LogP contribution in [0, 0.1) is 0 Å². The second-order valence-corrected chi connectivity index (χ2v) is 7.29. The van der Waals surface area contributed by atoms with Crippen molar-refractivity contribution in [3.8, 4) is 0 Å². The Balaban J connectivity index is 2.13. The summed E-state index contributed by atoms with van der Waals surface area (Å²) in [5.41, 5.74) is 0. The van der Waals surface area contributed by atoms with E-state index < -0.39 is 16.8 Å². The van der Waals surface area contributed by atoms with Gasteiger partial charge in [0.1, 0.15) is 0 Å². The molecule has 1 unspecified atom stereocenters. The number of amides is 1. The highest BCUT2D eigenvalue weighted by atomic mass is 79.9. The van der Waals surface area contributed by atoms with Crippen molar-refractivity contribution in [2.45, 2.75) is 37.0 Å². The lowest BCUT2D eigenvalue weighted by Crippen LogP contribution is -2.24. The Morgan fingerprint density at radius 1 is 1.09 bits per heavy atom. The van der Waals surface area contributed by atoms with Gasteiger partial charge in [0.05, 0.1) is 10.8 Å². The molecule has 0 saturated carbocycles. The molecule has 2 N–H and O–H groups in total. The van der Waals surface area contributed by atoms with Crippen molar-refractivity contribution in [2.75, 3.05) is 12.3 Å². The fourth-order valence-electron chi connectivity index (χ4n) is 1.79. The molecule has 1 rings (SSSR count). The van der Waals surface area contributed by atoms with Gasteiger partial charge in [-0.2, -0.15) is 0 Å². The minimum atomic E-state index is -1.09. The molecular formula is C15H20BrNO4S. The molecule has 1 atom stereocenters. The molecule has 5 nitrogen and oxygen atoms in total. The van der Waals surface area contributed by atoms with Crippen LogP contribution in [-0.4, -0.2) is 33.5 Å². The van der Waals surface area contributed by atoms with Crippen molar-refractivity contribution >= 4 is 38.6 Å². The monoisotopic (exact) mass is 389 g/mol. The summed E-state index contributed by atoms with van der Waals surface area (Å²) in [5, 5.41) is 11.2. The van der Waals surface area contributed by atoms with Crippen molar-refractivity contribution in [2.24, 2.45) is 0 Å². The largest absolute Gasteiger partial charge is 0.481 e. The van der Waals surface area contributed by atoms with Crippen LogP contribution in [0.1, 0.15) is 32.1 Å². The molecule has 0 fully saturated rings. The fourth-order valence-corrected chi connectivity index (χ4v) is 3.13. The van der Waals surface area contributed by atoms with E-state index in [-0.39, 0.29) is 12.3 Å².